The lowest BCUT2D eigenvalue weighted by Gasteiger charge is -1.99. The standard InChI is InChI=1S/C11H6BrN3/c12-11-4-2-9(7-15-11)10-3-1-8(5-13)6-14-10/h1-4,6-7H. The fourth-order valence-electron chi connectivity index (χ4n) is 1.16. The monoisotopic (exact) mass is 259 g/mol. The summed E-state index contributed by atoms with van der Waals surface area (Å²) < 4.78 is 0.792. The van der Waals surface area contributed by atoms with Crippen LogP contribution < -0.4 is 0 Å². The van der Waals surface area contributed by atoms with E-state index < -0.39 is 0 Å². The summed E-state index contributed by atoms with van der Waals surface area (Å²) >= 11 is 3.27. The summed E-state index contributed by atoms with van der Waals surface area (Å²) in [6.07, 6.45) is 3.29. The average Bonchev–Trinajstić information content (AvgIpc) is 2.30. The molecule has 2 aromatic rings. The maximum absolute atomic E-state index is 8.63. The van der Waals surface area contributed by atoms with E-state index in [1.165, 1.54) is 0 Å². The maximum atomic E-state index is 8.63. The maximum Gasteiger partial charge on any atom is 0.106 e. The molecule has 15 heavy (non-hydrogen) atoms. The summed E-state index contributed by atoms with van der Waals surface area (Å²) in [4.78, 5) is 8.28. The van der Waals surface area contributed by atoms with Crippen LogP contribution in [-0.4, -0.2) is 9.97 Å². The van der Waals surface area contributed by atoms with Crippen LogP contribution in [0, 0.1) is 11.3 Å². The van der Waals surface area contributed by atoms with Crippen LogP contribution in [-0.2, 0) is 0 Å². The van der Waals surface area contributed by atoms with Crippen molar-refractivity contribution < 1.29 is 0 Å². The Bertz CT molecular complexity index is 497. The van der Waals surface area contributed by atoms with Crippen LogP contribution in [0.4, 0.5) is 0 Å². The smallest absolute Gasteiger partial charge is 0.106 e. The third kappa shape index (κ3) is 2.20. The van der Waals surface area contributed by atoms with Gasteiger partial charge >= 0.3 is 0 Å². The molecule has 0 aliphatic rings. The highest BCUT2D eigenvalue weighted by Crippen LogP contribution is 2.17. The van der Waals surface area contributed by atoms with Crippen molar-refractivity contribution in [1.82, 2.24) is 9.97 Å². The highest BCUT2D eigenvalue weighted by molar-refractivity contribution is 9.10. The second-order valence-corrected chi connectivity index (χ2v) is 3.73. The van der Waals surface area contributed by atoms with Crippen LogP contribution in [0.3, 0.4) is 0 Å². The summed E-state index contributed by atoms with van der Waals surface area (Å²) in [6.45, 7) is 0. The number of nitriles is 1. The molecule has 0 N–H and O–H groups in total. The number of halogens is 1. The van der Waals surface area contributed by atoms with Crippen LogP contribution in [0.5, 0.6) is 0 Å². The zero-order chi connectivity index (χ0) is 10.7. The van der Waals surface area contributed by atoms with E-state index in [1.807, 2.05) is 24.3 Å². The molecule has 0 spiro atoms. The first-order valence-electron chi connectivity index (χ1n) is 4.27. The Morgan fingerprint density at radius 1 is 1.07 bits per heavy atom. The van der Waals surface area contributed by atoms with Crippen molar-refractivity contribution in [3.05, 3.63) is 46.8 Å². The van der Waals surface area contributed by atoms with E-state index >= 15 is 0 Å². The van der Waals surface area contributed by atoms with Gasteiger partial charge in [0.05, 0.1) is 11.3 Å². The molecule has 2 rings (SSSR count). The zero-order valence-electron chi connectivity index (χ0n) is 7.68. The normalized spacial score (nSPS) is 9.60. The van der Waals surface area contributed by atoms with Gasteiger partial charge in [-0.15, -0.1) is 0 Å². The van der Waals surface area contributed by atoms with Crippen LogP contribution >= 0.6 is 15.9 Å². The van der Waals surface area contributed by atoms with Gasteiger partial charge in [0, 0.05) is 18.0 Å². The molecule has 0 bridgehead atoms. The van der Waals surface area contributed by atoms with Gasteiger partial charge in [0.15, 0.2) is 0 Å². The van der Waals surface area contributed by atoms with Gasteiger partial charge in [-0.1, -0.05) is 0 Å². The largest absolute Gasteiger partial charge is 0.255 e. The van der Waals surface area contributed by atoms with Crippen molar-refractivity contribution >= 4 is 15.9 Å². The quantitative estimate of drug-likeness (QED) is 0.741. The van der Waals surface area contributed by atoms with Crippen LogP contribution in [0.25, 0.3) is 11.3 Å². The van der Waals surface area contributed by atoms with Gasteiger partial charge in [-0.3, -0.25) is 4.98 Å². The van der Waals surface area contributed by atoms with Gasteiger partial charge in [0.2, 0.25) is 0 Å². The van der Waals surface area contributed by atoms with Gasteiger partial charge in [0.25, 0.3) is 0 Å². The van der Waals surface area contributed by atoms with E-state index in [1.54, 1.807) is 18.5 Å². The minimum absolute atomic E-state index is 0.559. The number of nitrogens with zero attached hydrogens (tertiary/aromatic N) is 3. The first-order valence-corrected chi connectivity index (χ1v) is 5.07. The molecule has 0 fully saturated rings. The lowest BCUT2D eigenvalue weighted by Crippen LogP contribution is -1.85. The molecule has 0 radical (unpaired) electrons. The van der Waals surface area contributed by atoms with Gasteiger partial charge in [-0.2, -0.15) is 5.26 Å². The average molecular weight is 260 g/mol. The predicted molar refractivity (Wildman–Crippen MR) is 59.9 cm³/mol. The molecule has 0 aromatic carbocycles. The van der Waals surface area contributed by atoms with Crippen molar-refractivity contribution in [2.45, 2.75) is 0 Å². The number of rotatable bonds is 1. The Morgan fingerprint density at radius 2 is 1.93 bits per heavy atom. The minimum atomic E-state index is 0.559. The number of hydrogen-bond donors (Lipinski definition) is 0. The SMILES string of the molecule is N#Cc1ccc(-c2ccc(Br)nc2)nc1. The summed E-state index contributed by atoms with van der Waals surface area (Å²) in [6, 6.07) is 9.36. The fourth-order valence-corrected chi connectivity index (χ4v) is 1.39. The molecule has 4 heteroatoms. The van der Waals surface area contributed by atoms with E-state index in [2.05, 4.69) is 25.9 Å². The minimum Gasteiger partial charge on any atom is -0.255 e. The summed E-state index contributed by atoms with van der Waals surface area (Å²) in [5, 5.41) is 8.63. The van der Waals surface area contributed by atoms with Crippen LogP contribution in [0.2, 0.25) is 0 Å². The highest BCUT2D eigenvalue weighted by atomic mass is 79.9. The molecule has 0 unspecified atom stereocenters. The molecule has 0 aliphatic carbocycles. The van der Waals surface area contributed by atoms with Crippen molar-refractivity contribution in [3.8, 4) is 17.3 Å². The molecule has 2 heterocycles. The molecular weight excluding hydrogens is 254 g/mol. The molecule has 0 saturated heterocycles. The third-order valence-electron chi connectivity index (χ3n) is 1.92. The van der Waals surface area contributed by atoms with E-state index in [-0.39, 0.29) is 0 Å². The van der Waals surface area contributed by atoms with Crippen molar-refractivity contribution in [1.29, 1.82) is 5.26 Å². The third-order valence-corrected chi connectivity index (χ3v) is 2.38. The topological polar surface area (TPSA) is 49.6 Å². The summed E-state index contributed by atoms with van der Waals surface area (Å²) in [7, 11) is 0. The Hall–Kier alpha value is -1.73. The second-order valence-electron chi connectivity index (χ2n) is 2.91. The lowest BCUT2D eigenvalue weighted by atomic mass is 10.2. The van der Waals surface area contributed by atoms with Gasteiger partial charge in [-0.25, -0.2) is 4.98 Å². The molecule has 72 valence electrons. The number of pyridine rings is 2. The molecule has 0 atom stereocenters. The van der Waals surface area contributed by atoms with Gasteiger partial charge in [-0.05, 0) is 40.2 Å². The van der Waals surface area contributed by atoms with Crippen LogP contribution in [0.1, 0.15) is 5.56 Å². The molecule has 0 saturated carbocycles. The molecule has 0 aliphatic heterocycles. The van der Waals surface area contributed by atoms with E-state index in [9.17, 15) is 0 Å². The van der Waals surface area contributed by atoms with E-state index in [0.29, 0.717) is 5.56 Å². The van der Waals surface area contributed by atoms with Crippen molar-refractivity contribution in [2.75, 3.05) is 0 Å². The Labute approximate surface area is 95.6 Å². The van der Waals surface area contributed by atoms with Gasteiger partial charge in [0.1, 0.15) is 10.7 Å². The Kier molecular flexibility index (Phi) is 2.75. The first kappa shape index (κ1) is 9.81. The Morgan fingerprint density at radius 3 is 2.47 bits per heavy atom. The van der Waals surface area contributed by atoms with Crippen molar-refractivity contribution in [2.24, 2.45) is 0 Å². The summed E-state index contributed by atoms with van der Waals surface area (Å²) in [5.41, 5.74) is 2.31. The number of hydrogen-bond acceptors (Lipinski definition) is 3. The summed E-state index contributed by atoms with van der Waals surface area (Å²) in [5.74, 6) is 0. The Balaban J connectivity index is 2.38. The van der Waals surface area contributed by atoms with Gasteiger partial charge < -0.3 is 0 Å². The first-order chi connectivity index (χ1) is 7.29. The number of aromatic nitrogens is 2. The zero-order valence-corrected chi connectivity index (χ0v) is 9.27. The van der Waals surface area contributed by atoms with Crippen LogP contribution in [0.15, 0.2) is 41.3 Å². The molecular formula is C11H6BrN3. The molecule has 3 nitrogen and oxygen atoms in total. The highest BCUT2D eigenvalue weighted by Gasteiger charge is 1.99. The lowest BCUT2D eigenvalue weighted by molar-refractivity contribution is 1.24. The van der Waals surface area contributed by atoms with E-state index in [4.69, 9.17) is 5.26 Å². The molecule has 2 aromatic heterocycles. The molecule has 0 amide bonds. The predicted octanol–water partition coefficient (Wildman–Crippen LogP) is 2.78. The van der Waals surface area contributed by atoms with E-state index in [0.717, 1.165) is 15.9 Å². The fraction of sp³-hybridized carbons (Fsp3) is 0. The second kappa shape index (κ2) is 4.20. The van der Waals surface area contributed by atoms with Crippen molar-refractivity contribution in [3.63, 3.8) is 0 Å².